The van der Waals surface area contributed by atoms with Gasteiger partial charge in [0.25, 0.3) is 0 Å². The average Bonchev–Trinajstić information content (AvgIpc) is 2.91. The van der Waals surface area contributed by atoms with Gasteiger partial charge in [-0.3, -0.25) is 9.59 Å². The van der Waals surface area contributed by atoms with Crippen LogP contribution in [0.25, 0.3) is 0 Å². The number of rotatable bonds is 5. The first kappa shape index (κ1) is 27.4. The number of fused-ring (bicyclic) bond motifs is 1. The number of methoxy groups -OCH3 is 1. The van der Waals surface area contributed by atoms with Crippen LogP contribution in [-0.2, 0) is 22.4 Å². The first-order valence-electron chi connectivity index (χ1n) is 14.4. The van der Waals surface area contributed by atoms with E-state index in [2.05, 4.69) is 37.4 Å². The van der Waals surface area contributed by atoms with E-state index in [9.17, 15) is 9.59 Å². The summed E-state index contributed by atoms with van der Waals surface area (Å²) in [6, 6.07) is 12.5. The minimum Gasteiger partial charge on any atom is -0.496 e. The van der Waals surface area contributed by atoms with Crippen LogP contribution >= 0.6 is 0 Å². The molecule has 1 amide bonds. The molecule has 200 valence electrons. The topological polar surface area (TPSA) is 55.4 Å². The second kappa shape index (κ2) is 12.3. The molecule has 1 saturated carbocycles. The summed E-state index contributed by atoms with van der Waals surface area (Å²) in [4.78, 5) is 26.4. The van der Waals surface area contributed by atoms with Crippen molar-refractivity contribution in [3.8, 4) is 5.75 Å². The lowest BCUT2D eigenvalue weighted by Crippen LogP contribution is -2.37. The SMILES string of the molecule is COc1ccc(NC(=O)C2(C)CCC(CC3CCCc4c(C)cccc4CCCCC3=O)CC2)cc1C. The largest absolute Gasteiger partial charge is 0.496 e. The van der Waals surface area contributed by atoms with Gasteiger partial charge in [0.15, 0.2) is 0 Å². The van der Waals surface area contributed by atoms with E-state index in [1.54, 1.807) is 7.11 Å². The molecular weight excluding hydrogens is 458 g/mol. The number of benzene rings is 2. The van der Waals surface area contributed by atoms with Crippen LogP contribution in [0.3, 0.4) is 0 Å². The minimum absolute atomic E-state index is 0.107. The number of hydrogen-bond donors (Lipinski definition) is 1. The zero-order valence-corrected chi connectivity index (χ0v) is 23.3. The van der Waals surface area contributed by atoms with E-state index in [0.717, 1.165) is 94.1 Å². The molecule has 2 aromatic carbocycles. The van der Waals surface area contributed by atoms with Gasteiger partial charge in [-0.2, -0.15) is 0 Å². The maximum absolute atomic E-state index is 13.2. The van der Waals surface area contributed by atoms with Crippen molar-refractivity contribution < 1.29 is 14.3 Å². The maximum Gasteiger partial charge on any atom is 0.230 e. The fraction of sp³-hybridized carbons (Fsp3) is 0.576. The molecule has 1 N–H and O–H groups in total. The van der Waals surface area contributed by atoms with E-state index in [1.807, 2.05) is 25.1 Å². The van der Waals surface area contributed by atoms with Crippen molar-refractivity contribution in [2.24, 2.45) is 17.3 Å². The summed E-state index contributed by atoms with van der Waals surface area (Å²) in [7, 11) is 1.66. The summed E-state index contributed by atoms with van der Waals surface area (Å²) >= 11 is 0. The molecule has 1 unspecified atom stereocenters. The third-order valence-electron chi connectivity index (χ3n) is 9.09. The summed E-state index contributed by atoms with van der Waals surface area (Å²) in [6.45, 7) is 6.32. The molecule has 0 saturated heterocycles. The van der Waals surface area contributed by atoms with Gasteiger partial charge in [0.1, 0.15) is 11.5 Å². The van der Waals surface area contributed by atoms with Crippen LogP contribution in [0.1, 0.15) is 93.4 Å². The van der Waals surface area contributed by atoms with Gasteiger partial charge in [0.05, 0.1) is 7.11 Å². The highest BCUT2D eigenvalue weighted by molar-refractivity contribution is 5.95. The standard InChI is InChI=1S/C33H45NO3/c1-23-9-7-11-26-10-5-6-14-30(35)27(12-8-13-29(23)26)22-25-17-19-33(3,20-18-25)32(36)34-28-15-16-31(37-4)24(2)21-28/h7,9,11,15-16,21,25,27H,5-6,8,10,12-14,17-20,22H2,1-4H3,(H,34,36). The first-order valence-corrected chi connectivity index (χ1v) is 14.4. The summed E-state index contributed by atoms with van der Waals surface area (Å²) in [6.07, 6.45) is 11.9. The van der Waals surface area contributed by atoms with E-state index in [4.69, 9.17) is 4.74 Å². The number of anilines is 1. The molecule has 1 atom stereocenters. The maximum atomic E-state index is 13.2. The summed E-state index contributed by atoms with van der Waals surface area (Å²) in [5.74, 6) is 2.13. The van der Waals surface area contributed by atoms with Gasteiger partial charge in [0.2, 0.25) is 5.91 Å². The number of aryl methyl sites for hydroxylation is 3. The van der Waals surface area contributed by atoms with E-state index < -0.39 is 0 Å². The number of amides is 1. The van der Waals surface area contributed by atoms with Gasteiger partial charge in [-0.25, -0.2) is 0 Å². The normalized spacial score (nSPS) is 25.0. The molecule has 0 bridgehead atoms. The molecule has 0 aromatic heterocycles. The number of ether oxygens (including phenoxy) is 1. The van der Waals surface area contributed by atoms with E-state index in [-0.39, 0.29) is 17.2 Å². The molecule has 37 heavy (non-hydrogen) atoms. The van der Waals surface area contributed by atoms with Crippen LogP contribution in [0.2, 0.25) is 0 Å². The van der Waals surface area contributed by atoms with Crippen LogP contribution in [-0.4, -0.2) is 18.8 Å². The van der Waals surface area contributed by atoms with Crippen molar-refractivity contribution in [3.05, 3.63) is 58.7 Å². The number of hydrogen-bond acceptors (Lipinski definition) is 3. The molecule has 4 heteroatoms. The van der Waals surface area contributed by atoms with Crippen LogP contribution in [0.4, 0.5) is 5.69 Å². The smallest absolute Gasteiger partial charge is 0.230 e. The van der Waals surface area contributed by atoms with Crippen LogP contribution in [0.5, 0.6) is 5.75 Å². The van der Waals surface area contributed by atoms with Gasteiger partial charge in [-0.1, -0.05) is 25.1 Å². The summed E-state index contributed by atoms with van der Waals surface area (Å²) < 4.78 is 5.34. The van der Waals surface area contributed by atoms with Crippen molar-refractivity contribution in [1.82, 2.24) is 0 Å². The molecule has 0 spiro atoms. The van der Waals surface area contributed by atoms with Gasteiger partial charge in [-0.15, -0.1) is 0 Å². The van der Waals surface area contributed by atoms with Crippen molar-refractivity contribution >= 4 is 17.4 Å². The quantitative estimate of drug-likeness (QED) is 0.453. The van der Waals surface area contributed by atoms with Crippen LogP contribution in [0.15, 0.2) is 36.4 Å². The Morgan fingerprint density at radius 3 is 2.46 bits per heavy atom. The average molecular weight is 504 g/mol. The molecular formula is C33H45NO3. The van der Waals surface area contributed by atoms with E-state index in [1.165, 1.54) is 16.7 Å². The number of carbonyl (C=O) groups excluding carboxylic acids is 2. The molecule has 2 aromatic rings. The third kappa shape index (κ3) is 6.83. The highest BCUT2D eigenvalue weighted by Gasteiger charge is 2.38. The molecule has 0 heterocycles. The van der Waals surface area contributed by atoms with Crippen LogP contribution in [0, 0.1) is 31.1 Å². The lowest BCUT2D eigenvalue weighted by molar-refractivity contribution is -0.128. The second-order valence-corrected chi connectivity index (χ2v) is 11.9. The molecule has 1 fully saturated rings. The van der Waals surface area contributed by atoms with Crippen LogP contribution < -0.4 is 10.1 Å². The van der Waals surface area contributed by atoms with Crippen molar-refractivity contribution in [3.63, 3.8) is 0 Å². The lowest BCUT2D eigenvalue weighted by atomic mass is 9.68. The molecule has 2 aliphatic rings. The van der Waals surface area contributed by atoms with Gasteiger partial charge in [0, 0.05) is 23.4 Å². The fourth-order valence-electron chi connectivity index (χ4n) is 6.53. The highest BCUT2D eigenvalue weighted by atomic mass is 16.5. The fourth-order valence-corrected chi connectivity index (χ4v) is 6.53. The van der Waals surface area contributed by atoms with Gasteiger partial charge in [-0.05, 0) is 131 Å². The monoisotopic (exact) mass is 503 g/mol. The highest BCUT2D eigenvalue weighted by Crippen LogP contribution is 2.42. The van der Waals surface area contributed by atoms with Gasteiger partial charge < -0.3 is 10.1 Å². The van der Waals surface area contributed by atoms with Crippen molar-refractivity contribution in [2.75, 3.05) is 12.4 Å². The summed E-state index contributed by atoms with van der Waals surface area (Å²) in [5, 5.41) is 3.15. The number of carbonyl (C=O) groups is 2. The van der Waals surface area contributed by atoms with Crippen molar-refractivity contribution in [1.29, 1.82) is 0 Å². The molecule has 4 rings (SSSR count). The zero-order chi connectivity index (χ0) is 26.4. The lowest BCUT2D eigenvalue weighted by Gasteiger charge is -2.37. The Hall–Kier alpha value is -2.62. The number of nitrogens with one attached hydrogen (secondary N) is 1. The van der Waals surface area contributed by atoms with E-state index in [0.29, 0.717) is 11.7 Å². The third-order valence-corrected chi connectivity index (χ3v) is 9.09. The Bertz CT molecular complexity index is 1100. The molecule has 0 aliphatic heterocycles. The first-order chi connectivity index (χ1) is 17.8. The molecule has 4 nitrogen and oxygen atoms in total. The Morgan fingerprint density at radius 2 is 1.73 bits per heavy atom. The number of ketones is 1. The Balaban J connectivity index is 1.33. The van der Waals surface area contributed by atoms with Crippen molar-refractivity contribution in [2.45, 2.75) is 97.8 Å². The second-order valence-electron chi connectivity index (χ2n) is 11.9. The summed E-state index contributed by atoms with van der Waals surface area (Å²) in [5.41, 5.74) is 5.88. The predicted molar refractivity (Wildman–Crippen MR) is 151 cm³/mol. The van der Waals surface area contributed by atoms with Gasteiger partial charge >= 0.3 is 0 Å². The number of Topliss-reactive ketones (excluding diaryl/α,β-unsaturated/α-hetero) is 1. The predicted octanol–water partition coefficient (Wildman–Crippen LogP) is 7.77. The Labute approximate surface area is 223 Å². The Kier molecular flexibility index (Phi) is 9.10. The zero-order valence-electron chi connectivity index (χ0n) is 23.3. The van der Waals surface area contributed by atoms with E-state index >= 15 is 0 Å². The molecule has 0 radical (unpaired) electrons. The minimum atomic E-state index is -0.357. The molecule has 2 aliphatic carbocycles. The Morgan fingerprint density at radius 1 is 0.973 bits per heavy atom.